The molecule has 0 unspecified atom stereocenters. The molecule has 0 aliphatic carbocycles. The number of rotatable bonds is 8. The van der Waals surface area contributed by atoms with Gasteiger partial charge < -0.3 is 25.2 Å². The number of amidine groups is 1. The van der Waals surface area contributed by atoms with Gasteiger partial charge in [0.05, 0.1) is 13.3 Å². The van der Waals surface area contributed by atoms with E-state index in [1.54, 1.807) is 18.2 Å². The van der Waals surface area contributed by atoms with E-state index >= 15 is 0 Å². The van der Waals surface area contributed by atoms with Crippen LogP contribution in [0.2, 0.25) is 0 Å². The Labute approximate surface area is 213 Å². The van der Waals surface area contributed by atoms with Crippen LogP contribution in [0.5, 0.6) is 5.75 Å². The average molecular weight is 516 g/mol. The minimum absolute atomic E-state index is 0.0817. The van der Waals surface area contributed by atoms with Crippen molar-refractivity contribution in [3.63, 3.8) is 0 Å². The summed E-state index contributed by atoms with van der Waals surface area (Å²) in [6.07, 6.45) is -1.78. The Morgan fingerprint density at radius 1 is 1.16 bits per heavy atom. The largest absolute Gasteiger partial charge is 0.494 e. The second-order valence-electron chi connectivity index (χ2n) is 8.09. The molecule has 0 bridgehead atoms. The highest BCUT2D eigenvalue weighted by Crippen LogP contribution is 2.34. The first-order valence-corrected chi connectivity index (χ1v) is 11.2. The Balaban J connectivity index is 2.02. The molecular formula is C25H28F3N7O2. The molecule has 1 fully saturated rings. The second kappa shape index (κ2) is 12.2. The topological polar surface area (TPSA) is 94.4 Å². The Morgan fingerprint density at radius 2 is 1.84 bits per heavy atom. The minimum atomic E-state index is -4.80. The Bertz CT molecular complexity index is 1200. The first-order chi connectivity index (χ1) is 17.6. The molecule has 2 heterocycles. The third-order valence-electron chi connectivity index (χ3n) is 5.47. The summed E-state index contributed by atoms with van der Waals surface area (Å²) >= 11 is 0. The Kier molecular flexibility index (Phi) is 9.01. The monoisotopic (exact) mass is 515 g/mol. The zero-order valence-electron chi connectivity index (χ0n) is 20.5. The normalized spacial score (nSPS) is 15.2. The zero-order chi connectivity index (χ0) is 27.0. The number of hydrogen-bond donors (Lipinski definition) is 2. The molecule has 1 aliphatic rings. The average Bonchev–Trinajstić information content (AvgIpc) is 2.87. The van der Waals surface area contributed by atoms with E-state index in [1.165, 1.54) is 25.4 Å². The maximum absolute atomic E-state index is 14.0. The van der Waals surface area contributed by atoms with Crippen LogP contribution in [0, 0.1) is 0 Å². The summed E-state index contributed by atoms with van der Waals surface area (Å²) in [7, 11) is 3.44. The molecule has 1 aromatic heterocycles. The van der Waals surface area contributed by atoms with E-state index in [4.69, 9.17) is 4.74 Å². The lowest BCUT2D eigenvalue weighted by molar-refractivity contribution is -0.111. The maximum atomic E-state index is 14.0. The SMILES string of the molecule is C=CC(=O)Nc1cccc(NC(=Nc2cnc(N3CCN(C)CC3)cc2OC)/C(=C\N=C)C(F)(F)F)c1. The number of nitrogens with zero attached hydrogens (tertiary/aromatic N) is 5. The standard InChI is InChI=1S/C25H28F3N7O2/c1-5-23(36)31-17-7-6-8-18(13-17)32-24(19(15-29-2)25(26,27)28)33-20-16-30-22(14-21(20)37-4)35-11-9-34(3)10-12-35/h5-8,13-16H,1-2,9-12H2,3-4H3,(H,31,36)(H,32,33)/b19-15+. The summed E-state index contributed by atoms with van der Waals surface area (Å²) in [6.45, 7) is 9.77. The van der Waals surface area contributed by atoms with Crippen LogP contribution in [-0.2, 0) is 4.79 Å². The van der Waals surface area contributed by atoms with Crippen molar-refractivity contribution in [3.8, 4) is 5.75 Å². The molecule has 2 aromatic rings. The highest BCUT2D eigenvalue weighted by molar-refractivity contribution is 6.10. The van der Waals surface area contributed by atoms with Crippen LogP contribution >= 0.6 is 0 Å². The van der Waals surface area contributed by atoms with Crippen LogP contribution in [-0.4, -0.2) is 74.9 Å². The first kappa shape index (κ1) is 27.4. The number of halogens is 3. The van der Waals surface area contributed by atoms with Crippen molar-refractivity contribution < 1.29 is 22.7 Å². The lowest BCUT2D eigenvalue weighted by atomic mass is 10.2. The predicted octanol–water partition coefficient (Wildman–Crippen LogP) is 4.26. The fraction of sp³-hybridized carbons (Fsp3) is 0.280. The van der Waals surface area contributed by atoms with Gasteiger partial charge in [0.25, 0.3) is 0 Å². The molecule has 1 amide bonds. The van der Waals surface area contributed by atoms with E-state index in [1.807, 2.05) is 7.05 Å². The number of aromatic nitrogens is 1. The van der Waals surface area contributed by atoms with E-state index in [2.05, 4.69) is 48.7 Å². The number of methoxy groups -OCH3 is 1. The summed E-state index contributed by atoms with van der Waals surface area (Å²) in [6, 6.07) is 7.78. The van der Waals surface area contributed by atoms with Gasteiger partial charge >= 0.3 is 6.18 Å². The molecule has 2 N–H and O–H groups in total. The summed E-state index contributed by atoms with van der Waals surface area (Å²) in [4.78, 5) is 27.9. The van der Waals surface area contributed by atoms with Crippen molar-refractivity contribution in [2.45, 2.75) is 6.18 Å². The number of carbonyl (C=O) groups excluding carboxylic acids is 1. The van der Waals surface area contributed by atoms with Crippen LogP contribution in [0.25, 0.3) is 0 Å². The van der Waals surface area contributed by atoms with E-state index in [0.717, 1.165) is 32.3 Å². The van der Waals surface area contributed by atoms with E-state index < -0.39 is 23.5 Å². The summed E-state index contributed by atoms with van der Waals surface area (Å²) < 4.78 is 47.4. The van der Waals surface area contributed by atoms with Crippen LogP contribution < -0.4 is 20.3 Å². The summed E-state index contributed by atoms with van der Waals surface area (Å²) in [5.41, 5.74) is -0.489. The van der Waals surface area contributed by atoms with Crippen LogP contribution in [0.3, 0.4) is 0 Å². The number of amides is 1. The van der Waals surface area contributed by atoms with Gasteiger partial charge in [0.2, 0.25) is 5.91 Å². The molecule has 196 valence electrons. The van der Waals surface area contributed by atoms with Crippen molar-refractivity contribution in [2.75, 3.05) is 55.9 Å². The third kappa shape index (κ3) is 7.40. The number of aliphatic imine (C=N–C) groups is 2. The number of carbonyl (C=O) groups is 1. The predicted molar refractivity (Wildman–Crippen MR) is 140 cm³/mol. The van der Waals surface area contributed by atoms with Gasteiger partial charge in [-0.25, -0.2) is 9.98 Å². The van der Waals surface area contributed by atoms with Crippen molar-refractivity contribution in [2.24, 2.45) is 9.98 Å². The fourth-order valence-electron chi connectivity index (χ4n) is 3.52. The molecule has 0 radical (unpaired) electrons. The number of anilines is 3. The molecule has 0 saturated carbocycles. The molecule has 3 rings (SSSR count). The number of nitrogens with one attached hydrogen (secondary N) is 2. The zero-order valence-corrected chi connectivity index (χ0v) is 20.5. The number of piperazine rings is 1. The number of hydrogen-bond acceptors (Lipinski definition) is 7. The van der Waals surface area contributed by atoms with E-state index in [-0.39, 0.29) is 17.1 Å². The molecule has 37 heavy (non-hydrogen) atoms. The van der Waals surface area contributed by atoms with Crippen molar-refractivity contribution in [1.82, 2.24) is 9.88 Å². The van der Waals surface area contributed by atoms with Gasteiger partial charge in [0.15, 0.2) is 0 Å². The minimum Gasteiger partial charge on any atom is -0.494 e. The number of ether oxygens (including phenoxy) is 1. The Hall–Kier alpha value is -4.19. The van der Waals surface area contributed by atoms with Gasteiger partial charge in [-0.2, -0.15) is 13.2 Å². The molecule has 0 atom stereocenters. The summed E-state index contributed by atoms with van der Waals surface area (Å²) in [5.74, 6) is -0.125. The van der Waals surface area contributed by atoms with Crippen molar-refractivity contribution >= 4 is 41.3 Å². The molecule has 9 nitrogen and oxygen atoms in total. The molecule has 0 spiro atoms. The molecule has 1 aromatic carbocycles. The number of alkyl halides is 3. The van der Waals surface area contributed by atoms with E-state index in [0.29, 0.717) is 17.7 Å². The number of pyridine rings is 1. The Morgan fingerprint density at radius 3 is 2.43 bits per heavy atom. The first-order valence-electron chi connectivity index (χ1n) is 11.2. The number of benzene rings is 1. The van der Waals surface area contributed by atoms with Gasteiger partial charge in [0.1, 0.15) is 28.7 Å². The lowest BCUT2D eigenvalue weighted by Crippen LogP contribution is -2.44. The van der Waals surface area contributed by atoms with Crippen molar-refractivity contribution in [1.29, 1.82) is 0 Å². The van der Waals surface area contributed by atoms with Gasteiger partial charge in [-0.3, -0.25) is 9.79 Å². The summed E-state index contributed by atoms with van der Waals surface area (Å²) in [5, 5.41) is 5.24. The number of likely N-dealkylation sites (N-methyl/N-ethyl adjacent to an activating group) is 1. The lowest BCUT2D eigenvalue weighted by Gasteiger charge is -2.33. The smallest absolute Gasteiger partial charge is 0.421 e. The van der Waals surface area contributed by atoms with Gasteiger partial charge in [-0.05, 0) is 38.0 Å². The molecule has 1 aliphatic heterocycles. The van der Waals surface area contributed by atoms with Gasteiger partial charge in [0, 0.05) is 49.8 Å². The van der Waals surface area contributed by atoms with E-state index in [9.17, 15) is 18.0 Å². The van der Waals surface area contributed by atoms with Crippen LogP contribution in [0.1, 0.15) is 0 Å². The highest BCUT2D eigenvalue weighted by atomic mass is 19.4. The van der Waals surface area contributed by atoms with Crippen molar-refractivity contribution in [3.05, 3.63) is 61.0 Å². The van der Waals surface area contributed by atoms with Crippen LogP contribution in [0.4, 0.5) is 36.1 Å². The third-order valence-corrected chi connectivity index (χ3v) is 5.47. The fourth-order valence-corrected chi connectivity index (χ4v) is 3.52. The maximum Gasteiger partial charge on any atom is 0.421 e. The molecular weight excluding hydrogens is 487 g/mol. The molecule has 12 heteroatoms. The quantitative estimate of drug-likeness (QED) is 0.310. The van der Waals surface area contributed by atoms with Gasteiger partial charge in [-0.15, -0.1) is 0 Å². The second-order valence-corrected chi connectivity index (χ2v) is 8.09. The highest BCUT2D eigenvalue weighted by Gasteiger charge is 2.38. The molecule has 1 saturated heterocycles. The van der Waals surface area contributed by atoms with Crippen LogP contribution in [0.15, 0.2) is 70.9 Å². The van der Waals surface area contributed by atoms with Gasteiger partial charge in [-0.1, -0.05) is 12.6 Å².